The van der Waals surface area contributed by atoms with Crippen LogP contribution in [0.15, 0.2) is 40.9 Å². The van der Waals surface area contributed by atoms with Crippen LogP contribution in [-0.2, 0) is 19.0 Å². The van der Waals surface area contributed by atoms with Crippen molar-refractivity contribution in [1.82, 2.24) is 15.0 Å². The second kappa shape index (κ2) is 7.64. The highest BCUT2D eigenvalue weighted by Gasteiger charge is 2.32. The van der Waals surface area contributed by atoms with Crippen LogP contribution in [0.4, 0.5) is 13.2 Å². The number of rotatable bonds is 5. The molecular formula is C20H15ClF3N3O3. The number of nitrogens with zero attached hydrogens (tertiary/aromatic N) is 3. The molecule has 0 fully saturated rings. The standard InChI is InChI=1S/C20H15ClF3N3O3/c1-11-6-13(18-25-16(8-21)30-26-18)7-14-10-27(19(28)17(11)14)9-12-2-4-15(5-3-12)29-20(22,23)24/h2-7H,8-10H2,1H3. The fourth-order valence-electron chi connectivity index (χ4n) is 3.43. The largest absolute Gasteiger partial charge is 0.573 e. The number of carbonyl (C=O) groups excluding carboxylic acids is 1. The lowest BCUT2D eigenvalue weighted by atomic mass is 10.00. The van der Waals surface area contributed by atoms with Crippen LogP contribution >= 0.6 is 11.6 Å². The second-order valence-electron chi connectivity index (χ2n) is 6.83. The van der Waals surface area contributed by atoms with Gasteiger partial charge in [-0.15, -0.1) is 24.8 Å². The van der Waals surface area contributed by atoms with Gasteiger partial charge in [0.25, 0.3) is 5.91 Å². The monoisotopic (exact) mass is 437 g/mol. The van der Waals surface area contributed by atoms with Crippen LogP contribution in [-0.4, -0.2) is 27.3 Å². The summed E-state index contributed by atoms with van der Waals surface area (Å²) in [6, 6.07) is 9.11. The quantitative estimate of drug-likeness (QED) is 0.534. The molecule has 0 N–H and O–H groups in total. The lowest BCUT2D eigenvalue weighted by Gasteiger charge is -2.16. The third-order valence-electron chi connectivity index (χ3n) is 4.65. The van der Waals surface area contributed by atoms with E-state index in [0.717, 1.165) is 16.7 Å². The number of aryl methyl sites for hydroxylation is 1. The number of alkyl halides is 4. The zero-order chi connectivity index (χ0) is 21.5. The number of ether oxygens (including phenoxy) is 1. The molecule has 0 bridgehead atoms. The molecule has 2 aromatic carbocycles. The molecule has 0 unspecified atom stereocenters. The van der Waals surface area contributed by atoms with Crippen LogP contribution in [0.25, 0.3) is 11.4 Å². The first-order valence-electron chi connectivity index (χ1n) is 8.90. The Labute approximate surface area is 174 Å². The molecule has 3 aromatic rings. The molecule has 0 aliphatic carbocycles. The predicted molar refractivity (Wildman–Crippen MR) is 101 cm³/mol. The van der Waals surface area contributed by atoms with E-state index in [0.29, 0.717) is 29.4 Å². The summed E-state index contributed by atoms with van der Waals surface area (Å²) in [5.74, 6) is 0.359. The van der Waals surface area contributed by atoms with Crippen LogP contribution in [0.3, 0.4) is 0 Å². The van der Waals surface area contributed by atoms with Gasteiger partial charge in [0.05, 0.1) is 0 Å². The van der Waals surface area contributed by atoms with Crippen molar-refractivity contribution in [3.05, 3.63) is 64.5 Å². The van der Waals surface area contributed by atoms with Crippen molar-refractivity contribution in [2.45, 2.75) is 32.3 Å². The van der Waals surface area contributed by atoms with Gasteiger partial charge in [0.1, 0.15) is 11.6 Å². The van der Waals surface area contributed by atoms with Gasteiger partial charge in [-0.1, -0.05) is 17.3 Å². The molecule has 0 spiro atoms. The number of hydrogen-bond acceptors (Lipinski definition) is 5. The Morgan fingerprint density at radius 2 is 1.97 bits per heavy atom. The minimum atomic E-state index is -4.74. The van der Waals surface area contributed by atoms with E-state index in [9.17, 15) is 18.0 Å². The number of halogens is 4. The van der Waals surface area contributed by atoms with Crippen molar-refractivity contribution >= 4 is 17.5 Å². The van der Waals surface area contributed by atoms with Crippen LogP contribution < -0.4 is 4.74 Å². The smallest absolute Gasteiger partial charge is 0.406 e. The van der Waals surface area contributed by atoms with Crippen LogP contribution in [0, 0.1) is 6.92 Å². The van der Waals surface area contributed by atoms with Crippen molar-refractivity contribution in [1.29, 1.82) is 0 Å². The number of carbonyl (C=O) groups is 1. The highest BCUT2D eigenvalue weighted by molar-refractivity contribution is 6.16. The number of amides is 1. The minimum absolute atomic E-state index is 0.107. The van der Waals surface area contributed by atoms with Crippen LogP contribution in [0.1, 0.15) is 32.9 Å². The summed E-state index contributed by atoms with van der Waals surface area (Å²) in [5, 5.41) is 3.90. The Bertz CT molecular complexity index is 1100. The van der Waals surface area contributed by atoms with Crippen LogP contribution in [0.2, 0.25) is 0 Å². The van der Waals surface area contributed by atoms with E-state index in [1.54, 1.807) is 4.90 Å². The maximum absolute atomic E-state index is 12.9. The Hall–Kier alpha value is -3.07. The predicted octanol–water partition coefficient (Wildman–Crippen LogP) is 4.84. The Morgan fingerprint density at radius 3 is 2.60 bits per heavy atom. The summed E-state index contributed by atoms with van der Waals surface area (Å²) in [5.41, 5.74) is 3.62. The summed E-state index contributed by atoms with van der Waals surface area (Å²) in [6.45, 7) is 2.45. The van der Waals surface area contributed by atoms with Crippen molar-refractivity contribution < 1.29 is 27.2 Å². The zero-order valence-corrected chi connectivity index (χ0v) is 16.4. The molecule has 10 heteroatoms. The molecule has 1 aromatic heterocycles. The molecule has 30 heavy (non-hydrogen) atoms. The fraction of sp³-hybridized carbons (Fsp3) is 0.250. The molecule has 0 saturated heterocycles. The van der Waals surface area contributed by atoms with Crippen molar-refractivity contribution in [3.8, 4) is 17.1 Å². The molecule has 4 rings (SSSR count). The third kappa shape index (κ3) is 4.11. The molecule has 156 valence electrons. The number of aromatic nitrogens is 2. The van der Waals surface area contributed by atoms with Crippen molar-refractivity contribution in [2.75, 3.05) is 0 Å². The average Bonchev–Trinajstić information content (AvgIpc) is 3.27. The Balaban J connectivity index is 1.52. The Morgan fingerprint density at radius 1 is 1.23 bits per heavy atom. The second-order valence-corrected chi connectivity index (χ2v) is 7.09. The molecule has 1 amide bonds. The third-order valence-corrected chi connectivity index (χ3v) is 4.88. The maximum atomic E-state index is 12.9. The van der Waals surface area contributed by atoms with E-state index >= 15 is 0 Å². The molecule has 0 atom stereocenters. The van der Waals surface area contributed by atoms with Gasteiger partial charge in [0.15, 0.2) is 0 Å². The van der Waals surface area contributed by atoms with Crippen molar-refractivity contribution in [3.63, 3.8) is 0 Å². The first-order valence-corrected chi connectivity index (χ1v) is 9.43. The number of hydrogen-bond donors (Lipinski definition) is 0. The van der Waals surface area contributed by atoms with Crippen molar-refractivity contribution in [2.24, 2.45) is 0 Å². The van der Waals surface area contributed by atoms with E-state index in [4.69, 9.17) is 16.1 Å². The van der Waals surface area contributed by atoms with Gasteiger partial charge in [0, 0.05) is 24.2 Å². The fourth-order valence-corrected chi connectivity index (χ4v) is 3.54. The summed E-state index contributed by atoms with van der Waals surface area (Å²) in [6.07, 6.45) is -4.74. The lowest BCUT2D eigenvalue weighted by molar-refractivity contribution is -0.274. The van der Waals surface area contributed by atoms with E-state index < -0.39 is 6.36 Å². The number of fused-ring (bicyclic) bond motifs is 1. The van der Waals surface area contributed by atoms with Gasteiger partial charge in [0.2, 0.25) is 11.7 Å². The van der Waals surface area contributed by atoms with E-state index in [2.05, 4.69) is 14.9 Å². The molecular weight excluding hydrogens is 423 g/mol. The molecule has 0 saturated carbocycles. The summed E-state index contributed by atoms with van der Waals surface area (Å²) < 4.78 is 45.8. The van der Waals surface area contributed by atoms with E-state index in [1.807, 2.05) is 19.1 Å². The van der Waals surface area contributed by atoms with Gasteiger partial charge in [-0.05, 0) is 47.9 Å². The van der Waals surface area contributed by atoms with E-state index in [-0.39, 0.29) is 24.1 Å². The van der Waals surface area contributed by atoms with Gasteiger partial charge in [-0.3, -0.25) is 4.79 Å². The van der Waals surface area contributed by atoms with Gasteiger partial charge in [-0.2, -0.15) is 4.98 Å². The number of benzene rings is 2. The van der Waals surface area contributed by atoms with E-state index in [1.165, 1.54) is 24.3 Å². The topological polar surface area (TPSA) is 68.5 Å². The highest BCUT2D eigenvalue weighted by Crippen LogP contribution is 2.32. The SMILES string of the molecule is Cc1cc(-c2noc(CCl)n2)cc2c1C(=O)N(Cc1ccc(OC(F)(F)F)cc1)C2. The zero-order valence-electron chi connectivity index (χ0n) is 15.7. The first-order chi connectivity index (χ1) is 14.2. The van der Waals surface area contributed by atoms with Gasteiger partial charge in [-0.25, -0.2) is 0 Å². The molecule has 2 heterocycles. The average molecular weight is 438 g/mol. The summed E-state index contributed by atoms with van der Waals surface area (Å²) in [7, 11) is 0. The molecule has 6 nitrogen and oxygen atoms in total. The lowest BCUT2D eigenvalue weighted by Crippen LogP contribution is -2.23. The Kier molecular flexibility index (Phi) is 5.15. The minimum Gasteiger partial charge on any atom is -0.406 e. The normalized spacial score (nSPS) is 13.6. The molecule has 0 radical (unpaired) electrons. The van der Waals surface area contributed by atoms with Gasteiger partial charge >= 0.3 is 6.36 Å². The highest BCUT2D eigenvalue weighted by atomic mass is 35.5. The summed E-state index contributed by atoms with van der Waals surface area (Å²) >= 11 is 5.70. The maximum Gasteiger partial charge on any atom is 0.573 e. The van der Waals surface area contributed by atoms with Crippen LogP contribution in [0.5, 0.6) is 5.75 Å². The van der Waals surface area contributed by atoms with Gasteiger partial charge < -0.3 is 14.2 Å². The molecule has 1 aliphatic heterocycles. The summed E-state index contributed by atoms with van der Waals surface area (Å²) in [4.78, 5) is 18.7. The first kappa shape index (κ1) is 20.2. The molecule has 1 aliphatic rings.